The Labute approximate surface area is 214 Å². The van der Waals surface area contributed by atoms with Gasteiger partial charge in [-0.25, -0.2) is 4.79 Å². The number of thioether (sulfide) groups is 2. The zero-order valence-electron chi connectivity index (χ0n) is 20.1. The summed E-state index contributed by atoms with van der Waals surface area (Å²) in [6.45, 7) is 11.0. The molecule has 0 radical (unpaired) electrons. The van der Waals surface area contributed by atoms with E-state index < -0.39 is 44.1 Å². The van der Waals surface area contributed by atoms with Crippen LogP contribution in [-0.4, -0.2) is 63.6 Å². The average molecular weight is 553 g/mol. The van der Waals surface area contributed by atoms with Crippen LogP contribution in [0.1, 0.15) is 27.0 Å². The molecule has 13 heteroatoms. The molecule has 0 amide bonds. The van der Waals surface area contributed by atoms with Crippen LogP contribution in [0.15, 0.2) is 21.9 Å². The highest BCUT2D eigenvalue weighted by Gasteiger charge is 2.51. The molecule has 0 saturated carbocycles. The predicted molar refractivity (Wildman–Crippen MR) is 145 cm³/mol. The van der Waals surface area contributed by atoms with Gasteiger partial charge in [0, 0.05) is 19.3 Å². The summed E-state index contributed by atoms with van der Waals surface area (Å²) in [7, 11) is -0.688. The first-order chi connectivity index (χ1) is 15.2. The zero-order chi connectivity index (χ0) is 25.1. The second-order valence-corrected chi connectivity index (χ2v) is 16.7. The minimum atomic E-state index is -2.10. The van der Waals surface area contributed by atoms with Crippen molar-refractivity contribution in [2.75, 3.05) is 19.1 Å². The fraction of sp³-hybridized carbons (Fsp3) is 0.700. The Kier molecular flexibility index (Phi) is 9.82. The molecular weight excluding hydrogens is 521 g/mol. The summed E-state index contributed by atoms with van der Waals surface area (Å²) < 4.78 is 27.7. The van der Waals surface area contributed by atoms with E-state index in [0.717, 1.165) is 4.57 Å². The lowest BCUT2D eigenvalue weighted by molar-refractivity contribution is -0.0504. The van der Waals surface area contributed by atoms with Crippen LogP contribution >= 0.6 is 48.0 Å². The Morgan fingerprint density at radius 1 is 1.12 bits per heavy atom. The van der Waals surface area contributed by atoms with Gasteiger partial charge in [0.1, 0.15) is 6.10 Å². The summed E-state index contributed by atoms with van der Waals surface area (Å²) in [5, 5.41) is 0.000889. The first-order valence-corrected chi connectivity index (χ1v) is 16.5. The van der Waals surface area contributed by atoms with Crippen molar-refractivity contribution in [2.24, 2.45) is 7.05 Å². The molecule has 4 atom stereocenters. The van der Waals surface area contributed by atoms with Crippen LogP contribution in [0, 0.1) is 0 Å². The number of nitrogens with zero attached hydrogens (tertiary/aromatic N) is 2. The van der Waals surface area contributed by atoms with Crippen molar-refractivity contribution in [1.82, 2.24) is 9.13 Å². The molecule has 1 aromatic heterocycles. The van der Waals surface area contributed by atoms with E-state index >= 15 is 0 Å². The minimum absolute atomic E-state index is 0.000889. The van der Waals surface area contributed by atoms with E-state index in [1.54, 1.807) is 6.26 Å². The maximum Gasteiger partial charge on any atom is 0.332 e. The third-order valence-corrected chi connectivity index (χ3v) is 12.5. The van der Waals surface area contributed by atoms with Gasteiger partial charge in [-0.05, 0) is 55.1 Å². The Hall–Kier alpha value is -0.703. The maximum atomic E-state index is 12.9. The number of rotatable bonds is 6. The van der Waals surface area contributed by atoms with Crippen molar-refractivity contribution in [2.45, 2.75) is 63.4 Å². The molecule has 2 rings (SSSR count). The van der Waals surface area contributed by atoms with Crippen LogP contribution in [0.3, 0.4) is 0 Å². The smallest absolute Gasteiger partial charge is 0.332 e. The van der Waals surface area contributed by atoms with Crippen LogP contribution in [0.2, 0.25) is 18.1 Å². The first-order valence-electron chi connectivity index (χ1n) is 10.3. The van der Waals surface area contributed by atoms with Crippen molar-refractivity contribution in [1.29, 1.82) is 0 Å². The molecule has 0 bridgehead atoms. The fourth-order valence-corrected chi connectivity index (χ4v) is 4.59. The van der Waals surface area contributed by atoms with Crippen molar-refractivity contribution in [3.05, 3.63) is 33.1 Å². The van der Waals surface area contributed by atoms with Crippen molar-refractivity contribution in [3.63, 3.8) is 0 Å². The predicted octanol–water partition coefficient (Wildman–Crippen LogP) is 3.53. The van der Waals surface area contributed by atoms with Crippen LogP contribution in [-0.2, 0) is 25.7 Å². The highest BCUT2D eigenvalue weighted by molar-refractivity contribution is 8.22. The summed E-state index contributed by atoms with van der Waals surface area (Å²) in [4.78, 5) is 24.8. The van der Waals surface area contributed by atoms with Gasteiger partial charge in [-0.2, -0.15) is 0 Å². The van der Waals surface area contributed by atoms with Gasteiger partial charge < -0.3 is 18.6 Å². The molecule has 186 valence electrons. The van der Waals surface area contributed by atoms with E-state index in [1.165, 1.54) is 47.4 Å². The fourth-order valence-electron chi connectivity index (χ4n) is 2.94. The van der Waals surface area contributed by atoms with E-state index in [-0.39, 0.29) is 16.0 Å². The third kappa shape index (κ3) is 6.70. The topological polar surface area (TPSA) is 80.9 Å². The number of ether oxygens (including phenoxy) is 3. The molecule has 8 nitrogen and oxygen atoms in total. The van der Waals surface area contributed by atoms with E-state index in [2.05, 4.69) is 33.9 Å². The summed E-state index contributed by atoms with van der Waals surface area (Å²) >= 11 is 13.2. The van der Waals surface area contributed by atoms with Crippen LogP contribution < -0.4 is 11.2 Å². The largest absolute Gasteiger partial charge is 0.468 e. The first kappa shape index (κ1) is 28.5. The molecule has 1 aromatic rings. The average Bonchev–Trinajstić information content (AvgIpc) is 3.06. The lowest BCUT2D eigenvalue weighted by Gasteiger charge is -2.37. The normalized spacial score (nSPS) is 23.4. The van der Waals surface area contributed by atoms with Crippen LogP contribution in [0.5, 0.6) is 0 Å². The molecule has 1 fully saturated rings. The molecule has 1 aliphatic heterocycles. The summed E-state index contributed by atoms with van der Waals surface area (Å²) in [6, 6.07) is 1.30. The van der Waals surface area contributed by atoms with Gasteiger partial charge in [-0.1, -0.05) is 44.3 Å². The van der Waals surface area contributed by atoms with Crippen molar-refractivity contribution in [3.8, 4) is 0 Å². The highest BCUT2D eigenvalue weighted by Crippen LogP contribution is 2.39. The molecule has 0 spiro atoms. The molecular formula is C20H32N2O6S4Si. The van der Waals surface area contributed by atoms with Gasteiger partial charge in [-0.15, -0.1) is 0 Å². The van der Waals surface area contributed by atoms with Crippen LogP contribution in [0.25, 0.3) is 0 Å². The summed E-state index contributed by atoms with van der Waals surface area (Å²) in [6.07, 6.45) is 2.09. The molecule has 0 N–H and O–H groups in total. The third-order valence-electron chi connectivity index (χ3n) is 5.99. The molecule has 0 aliphatic carbocycles. The van der Waals surface area contributed by atoms with Gasteiger partial charge in [0.15, 0.2) is 26.8 Å². The Bertz CT molecular complexity index is 990. The zero-order valence-corrected chi connectivity index (χ0v) is 24.4. The number of hydrogen-bond donors (Lipinski definition) is 0. The van der Waals surface area contributed by atoms with Gasteiger partial charge in [0.25, 0.3) is 5.56 Å². The minimum Gasteiger partial charge on any atom is -0.468 e. The van der Waals surface area contributed by atoms with E-state index in [0.29, 0.717) is 4.38 Å². The molecule has 2 heterocycles. The SMILES string of the molecule is CSC(=S)OC1C(OC(=S)SC)[C@@H](CO[Si](C)(C)C(C)(C)C)O[C@H]1n1ccc(=O)n(C)c1=O. The molecule has 0 aromatic carbocycles. The van der Waals surface area contributed by atoms with E-state index in [9.17, 15) is 9.59 Å². The maximum absolute atomic E-state index is 12.9. The second-order valence-electron chi connectivity index (χ2n) is 9.11. The lowest BCUT2D eigenvalue weighted by Crippen LogP contribution is -2.46. The molecule has 1 aliphatic rings. The monoisotopic (exact) mass is 552 g/mol. The highest BCUT2D eigenvalue weighted by atomic mass is 32.2. The standard InChI is InChI=1S/C20H32N2O6S4Si/c1-20(2,3)33(7,8)25-11-12-14(27-18(29)31-5)15(28-19(30)32-6)16(26-12)22-10-9-13(23)21(4)17(22)24/h9-10,12,14-16H,11H2,1-8H3/t12-,14?,15?,16-/m1/s1. The van der Waals surface area contributed by atoms with Crippen molar-refractivity contribution >= 4 is 65.0 Å². The number of aromatic nitrogens is 2. The number of thiocarbonyl (C=S) groups is 2. The number of hydrogen-bond acceptors (Lipinski definition) is 10. The van der Waals surface area contributed by atoms with Gasteiger partial charge in [0.05, 0.1) is 6.61 Å². The summed E-state index contributed by atoms with van der Waals surface area (Å²) in [5.74, 6) is 0. The van der Waals surface area contributed by atoms with E-state index in [4.69, 9.17) is 43.1 Å². The van der Waals surface area contributed by atoms with Gasteiger partial charge >= 0.3 is 5.69 Å². The summed E-state index contributed by atoms with van der Waals surface area (Å²) in [5.41, 5.74) is -0.950. The molecule has 1 saturated heterocycles. The van der Waals surface area contributed by atoms with E-state index in [1.807, 2.05) is 6.26 Å². The quantitative estimate of drug-likeness (QED) is 0.386. The van der Waals surface area contributed by atoms with Gasteiger partial charge in [-0.3, -0.25) is 13.9 Å². The Morgan fingerprint density at radius 3 is 2.18 bits per heavy atom. The van der Waals surface area contributed by atoms with Gasteiger partial charge in [0.2, 0.25) is 8.77 Å². The van der Waals surface area contributed by atoms with Crippen LogP contribution in [0.4, 0.5) is 0 Å². The second kappa shape index (κ2) is 11.4. The molecule has 33 heavy (non-hydrogen) atoms. The lowest BCUT2D eigenvalue weighted by atomic mass is 10.1. The Morgan fingerprint density at radius 2 is 1.67 bits per heavy atom. The Balaban J connectivity index is 2.49. The molecule has 2 unspecified atom stereocenters. The van der Waals surface area contributed by atoms with Crippen molar-refractivity contribution < 1.29 is 18.6 Å².